The van der Waals surface area contributed by atoms with Gasteiger partial charge in [0.2, 0.25) is 0 Å². The molecule has 1 aromatic carbocycles. The summed E-state index contributed by atoms with van der Waals surface area (Å²) in [6.45, 7) is 0. The van der Waals surface area contributed by atoms with E-state index in [1.807, 2.05) is 0 Å². The Morgan fingerprint density at radius 2 is 1.80 bits per heavy atom. The van der Waals surface area contributed by atoms with Gasteiger partial charge in [-0.3, -0.25) is 4.72 Å². The summed E-state index contributed by atoms with van der Waals surface area (Å²) in [6, 6.07) is 8.25. The number of hydrogen-bond acceptors (Lipinski definition) is 6. The van der Waals surface area contributed by atoms with E-state index in [1.54, 1.807) is 12.1 Å². The predicted octanol–water partition coefficient (Wildman–Crippen LogP) is 1.37. The molecule has 0 bridgehead atoms. The Hall–Kier alpha value is -2.68. The van der Waals surface area contributed by atoms with E-state index in [4.69, 9.17) is 5.73 Å². The minimum atomic E-state index is -3.84. The van der Waals surface area contributed by atoms with Gasteiger partial charge < -0.3 is 15.8 Å². The first-order valence-electron chi connectivity index (χ1n) is 5.37. The van der Waals surface area contributed by atoms with Crippen molar-refractivity contribution >= 4 is 27.2 Å². The van der Waals surface area contributed by atoms with Gasteiger partial charge >= 0.3 is 5.82 Å². The van der Waals surface area contributed by atoms with Crippen molar-refractivity contribution in [3.63, 3.8) is 0 Å². The van der Waals surface area contributed by atoms with Crippen LogP contribution in [0.25, 0.3) is 0 Å². The minimum Gasteiger partial charge on any atom is -0.399 e. The Morgan fingerprint density at radius 3 is 2.30 bits per heavy atom. The summed E-state index contributed by atoms with van der Waals surface area (Å²) in [7, 11) is -3.84. The number of rotatable bonds is 4. The van der Waals surface area contributed by atoms with Crippen LogP contribution in [0.2, 0.25) is 0 Å². The third-order valence-electron chi connectivity index (χ3n) is 2.38. The fourth-order valence-corrected chi connectivity index (χ4v) is 2.41. The molecule has 0 radical (unpaired) electrons. The van der Waals surface area contributed by atoms with Gasteiger partial charge in [-0.2, -0.15) is 0 Å². The number of benzene rings is 1. The third-order valence-corrected chi connectivity index (χ3v) is 3.75. The second kappa shape index (κ2) is 5.13. The Kier molecular flexibility index (Phi) is 3.53. The molecule has 1 heterocycles. The van der Waals surface area contributed by atoms with Crippen LogP contribution in [0, 0.1) is 10.1 Å². The second-order valence-electron chi connectivity index (χ2n) is 3.84. The minimum absolute atomic E-state index is 0.167. The molecule has 0 aliphatic rings. The topological polar surface area (TPSA) is 128 Å². The van der Waals surface area contributed by atoms with Crippen LogP contribution in [0.5, 0.6) is 0 Å². The zero-order valence-corrected chi connectivity index (χ0v) is 10.9. The van der Waals surface area contributed by atoms with Crippen molar-refractivity contribution in [3.8, 4) is 0 Å². The number of nitrogen functional groups attached to an aromatic ring is 1. The molecule has 2 rings (SSSR count). The maximum absolute atomic E-state index is 12.0. The predicted molar refractivity (Wildman–Crippen MR) is 72.6 cm³/mol. The molecule has 104 valence electrons. The summed E-state index contributed by atoms with van der Waals surface area (Å²) in [4.78, 5) is 13.0. The lowest BCUT2D eigenvalue weighted by Gasteiger charge is -2.06. The number of pyridine rings is 1. The molecule has 8 nitrogen and oxygen atoms in total. The van der Waals surface area contributed by atoms with Gasteiger partial charge in [0, 0.05) is 17.4 Å². The van der Waals surface area contributed by atoms with Crippen LogP contribution in [0.3, 0.4) is 0 Å². The molecule has 3 N–H and O–H groups in total. The van der Waals surface area contributed by atoms with Crippen molar-refractivity contribution < 1.29 is 13.3 Å². The average molecular weight is 294 g/mol. The largest absolute Gasteiger partial charge is 0.399 e. The maximum Gasteiger partial charge on any atom is 0.363 e. The zero-order chi connectivity index (χ0) is 14.8. The quantitative estimate of drug-likeness (QED) is 0.498. The van der Waals surface area contributed by atoms with Crippen molar-refractivity contribution in [1.82, 2.24) is 4.98 Å². The van der Waals surface area contributed by atoms with Crippen molar-refractivity contribution in [2.45, 2.75) is 4.90 Å². The van der Waals surface area contributed by atoms with E-state index in [9.17, 15) is 18.5 Å². The molecule has 2 aromatic rings. The normalized spacial score (nSPS) is 11.0. The van der Waals surface area contributed by atoms with Crippen molar-refractivity contribution in [3.05, 3.63) is 52.7 Å². The molecule has 0 spiro atoms. The molecule has 0 amide bonds. The molecule has 0 fully saturated rings. The SMILES string of the molecule is Nc1ccc(NS(=O)(=O)c2ccc([N+](=O)[O-])nc2)cc1. The van der Waals surface area contributed by atoms with Crippen LogP contribution in [-0.2, 0) is 10.0 Å². The molecule has 1 aromatic heterocycles. The number of nitrogens with zero attached hydrogens (tertiary/aromatic N) is 2. The summed E-state index contributed by atoms with van der Waals surface area (Å²) in [5.41, 5.74) is 6.33. The van der Waals surface area contributed by atoms with Gasteiger partial charge in [0.25, 0.3) is 10.0 Å². The van der Waals surface area contributed by atoms with E-state index in [1.165, 1.54) is 12.1 Å². The Bertz CT molecular complexity index is 726. The van der Waals surface area contributed by atoms with Gasteiger partial charge in [0.05, 0.1) is 0 Å². The number of nitrogens with two attached hydrogens (primary N) is 1. The number of hydrogen-bond donors (Lipinski definition) is 2. The van der Waals surface area contributed by atoms with E-state index in [2.05, 4.69) is 9.71 Å². The Labute approximate surface area is 114 Å². The lowest BCUT2D eigenvalue weighted by atomic mass is 10.3. The van der Waals surface area contributed by atoms with Gasteiger partial charge in [0.1, 0.15) is 4.90 Å². The number of nitro groups is 1. The van der Waals surface area contributed by atoms with E-state index in [-0.39, 0.29) is 4.90 Å². The molecular formula is C11H10N4O4S. The van der Waals surface area contributed by atoms with E-state index in [0.717, 1.165) is 18.3 Å². The fraction of sp³-hybridized carbons (Fsp3) is 0. The highest BCUT2D eigenvalue weighted by Crippen LogP contribution is 2.18. The smallest absolute Gasteiger partial charge is 0.363 e. The molecule has 0 unspecified atom stereocenters. The van der Waals surface area contributed by atoms with Gasteiger partial charge in [0.15, 0.2) is 6.20 Å². The van der Waals surface area contributed by atoms with E-state index < -0.39 is 20.8 Å². The lowest BCUT2D eigenvalue weighted by Crippen LogP contribution is -2.13. The number of nitrogens with one attached hydrogen (secondary N) is 1. The number of anilines is 2. The summed E-state index contributed by atoms with van der Waals surface area (Å²) < 4.78 is 26.3. The first kappa shape index (κ1) is 13.7. The lowest BCUT2D eigenvalue weighted by molar-refractivity contribution is -0.389. The van der Waals surface area contributed by atoms with Gasteiger partial charge in [-0.1, -0.05) is 0 Å². The van der Waals surface area contributed by atoms with Crippen LogP contribution >= 0.6 is 0 Å². The van der Waals surface area contributed by atoms with Gasteiger partial charge in [-0.25, -0.2) is 8.42 Å². The van der Waals surface area contributed by atoms with Crippen LogP contribution in [0.4, 0.5) is 17.2 Å². The molecule has 20 heavy (non-hydrogen) atoms. The average Bonchev–Trinajstić information content (AvgIpc) is 2.41. The zero-order valence-electron chi connectivity index (χ0n) is 10.1. The van der Waals surface area contributed by atoms with Crippen molar-refractivity contribution in [2.75, 3.05) is 10.5 Å². The molecule has 0 saturated carbocycles. The molecule has 0 aliphatic carbocycles. The highest BCUT2D eigenvalue weighted by atomic mass is 32.2. The van der Waals surface area contributed by atoms with Crippen LogP contribution < -0.4 is 10.5 Å². The summed E-state index contributed by atoms with van der Waals surface area (Å²) in [6.07, 6.45) is 0.928. The first-order chi connectivity index (χ1) is 9.38. The standard InChI is InChI=1S/C11H10N4O4S/c12-8-1-3-9(4-2-8)14-20(18,19)10-5-6-11(13-7-10)15(16)17/h1-7,14H,12H2. The first-order valence-corrected chi connectivity index (χ1v) is 6.85. The molecular weight excluding hydrogens is 284 g/mol. The molecule has 9 heteroatoms. The van der Waals surface area contributed by atoms with Gasteiger partial charge in [-0.15, -0.1) is 0 Å². The summed E-state index contributed by atoms with van der Waals surface area (Å²) in [5, 5.41) is 10.5. The molecule has 0 atom stereocenters. The van der Waals surface area contributed by atoms with E-state index in [0.29, 0.717) is 11.4 Å². The summed E-state index contributed by atoms with van der Waals surface area (Å²) >= 11 is 0. The molecule has 0 saturated heterocycles. The van der Waals surface area contributed by atoms with Crippen molar-refractivity contribution in [2.24, 2.45) is 0 Å². The van der Waals surface area contributed by atoms with E-state index >= 15 is 0 Å². The van der Waals surface area contributed by atoms with Crippen LogP contribution in [0.15, 0.2) is 47.5 Å². The van der Waals surface area contributed by atoms with Crippen molar-refractivity contribution in [1.29, 1.82) is 0 Å². The maximum atomic E-state index is 12.0. The number of aromatic nitrogens is 1. The monoisotopic (exact) mass is 294 g/mol. The van der Waals surface area contributed by atoms with Gasteiger partial charge in [-0.05, 0) is 40.2 Å². The fourth-order valence-electron chi connectivity index (χ4n) is 1.40. The van der Waals surface area contributed by atoms with Crippen LogP contribution in [0.1, 0.15) is 0 Å². The third kappa shape index (κ3) is 3.01. The second-order valence-corrected chi connectivity index (χ2v) is 5.52. The summed E-state index contributed by atoms with van der Waals surface area (Å²) in [5.74, 6) is -0.420. The Morgan fingerprint density at radius 1 is 1.15 bits per heavy atom. The highest BCUT2D eigenvalue weighted by molar-refractivity contribution is 7.92. The Balaban J connectivity index is 2.26. The molecule has 0 aliphatic heterocycles. The number of sulfonamides is 1. The highest BCUT2D eigenvalue weighted by Gasteiger charge is 2.18. The van der Waals surface area contributed by atoms with Crippen LogP contribution in [-0.4, -0.2) is 18.3 Å².